The maximum atomic E-state index is 6.22. The van der Waals surface area contributed by atoms with E-state index in [1.807, 2.05) is 12.1 Å². The lowest BCUT2D eigenvalue weighted by Gasteiger charge is -2.13. The molecule has 0 aliphatic rings. The van der Waals surface area contributed by atoms with Gasteiger partial charge < -0.3 is 5.73 Å². The molecule has 1 aromatic carbocycles. The highest BCUT2D eigenvalue weighted by atomic mass is 79.9. The van der Waals surface area contributed by atoms with Crippen molar-refractivity contribution in [1.82, 2.24) is 0 Å². The van der Waals surface area contributed by atoms with E-state index in [4.69, 9.17) is 5.73 Å². The molecule has 0 bridgehead atoms. The van der Waals surface area contributed by atoms with Crippen LogP contribution in [-0.2, 0) is 0 Å². The van der Waals surface area contributed by atoms with Crippen LogP contribution in [0.3, 0.4) is 0 Å². The van der Waals surface area contributed by atoms with Gasteiger partial charge in [-0.1, -0.05) is 28.1 Å². The van der Waals surface area contributed by atoms with Crippen LogP contribution < -0.4 is 5.73 Å². The molecule has 1 heterocycles. The third kappa shape index (κ3) is 2.86. The highest BCUT2D eigenvalue weighted by Crippen LogP contribution is 2.28. The lowest BCUT2D eigenvalue weighted by molar-refractivity contribution is 0.881. The minimum Gasteiger partial charge on any atom is -0.320 e. The first kappa shape index (κ1) is 13.7. The molecule has 1 atom stereocenters. The lowest BCUT2D eigenvalue weighted by atomic mass is 10.0. The van der Waals surface area contributed by atoms with Crippen molar-refractivity contribution < 1.29 is 0 Å². The van der Waals surface area contributed by atoms with Crippen molar-refractivity contribution in [2.24, 2.45) is 5.73 Å². The second-order valence-corrected chi connectivity index (χ2v) is 5.39. The molecule has 0 amide bonds. The predicted molar refractivity (Wildman–Crippen MR) is 76.5 cm³/mol. The Kier molecular flexibility index (Phi) is 4.99. The third-order valence-electron chi connectivity index (χ3n) is 2.43. The first-order valence-electron chi connectivity index (χ1n) is 4.73. The van der Waals surface area contributed by atoms with Crippen molar-refractivity contribution in [3.8, 4) is 0 Å². The second kappa shape index (κ2) is 5.82. The van der Waals surface area contributed by atoms with Gasteiger partial charge in [-0.3, -0.25) is 0 Å². The first-order valence-corrected chi connectivity index (χ1v) is 6.41. The van der Waals surface area contributed by atoms with Crippen molar-refractivity contribution >= 4 is 39.7 Å². The van der Waals surface area contributed by atoms with E-state index in [1.54, 1.807) is 11.3 Å². The third-order valence-corrected chi connectivity index (χ3v) is 3.87. The molecule has 1 aromatic heterocycles. The van der Waals surface area contributed by atoms with Gasteiger partial charge in [-0.15, -0.1) is 23.7 Å². The summed E-state index contributed by atoms with van der Waals surface area (Å²) >= 11 is 5.18. The normalized spacial score (nSPS) is 11.9. The van der Waals surface area contributed by atoms with Crippen LogP contribution in [0.2, 0.25) is 0 Å². The van der Waals surface area contributed by atoms with E-state index < -0.39 is 0 Å². The molecule has 2 rings (SSSR count). The van der Waals surface area contributed by atoms with Crippen LogP contribution in [-0.4, -0.2) is 0 Å². The Morgan fingerprint density at radius 2 is 2.06 bits per heavy atom. The van der Waals surface area contributed by atoms with Gasteiger partial charge >= 0.3 is 0 Å². The number of hydrogen-bond donors (Lipinski definition) is 1. The van der Waals surface area contributed by atoms with Gasteiger partial charge in [-0.2, -0.15) is 0 Å². The second-order valence-electron chi connectivity index (χ2n) is 3.49. The van der Waals surface area contributed by atoms with E-state index in [0.29, 0.717) is 0 Å². The maximum Gasteiger partial charge on any atom is 0.0648 e. The number of rotatable bonds is 2. The first-order chi connectivity index (χ1) is 7.18. The molecule has 86 valence electrons. The van der Waals surface area contributed by atoms with Gasteiger partial charge in [0.2, 0.25) is 0 Å². The fraction of sp³-hybridized carbons (Fsp3) is 0.167. The summed E-state index contributed by atoms with van der Waals surface area (Å²) < 4.78 is 1.08. The van der Waals surface area contributed by atoms with E-state index in [9.17, 15) is 0 Å². The zero-order valence-electron chi connectivity index (χ0n) is 8.81. The molecule has 0 fully saturated rings. The minimum absolute atomic E-state index is 0. The van der Waals surface area contributed by atoms with Crippen molar-refractivity contribution in [3.05, 3.63) is 56.2 Å². The molecule has 1 nitrogen and oxygen atoms in total. The molecule has 0 aliphatic carbocycles. The molecule has 2 N–H and O–H groups in total. The summed E-state index contributed by atoms with van der Waals surface area (Å²) in [7, 11) is 0. The van der Waals surface area contributed by atoms with E-state index in [0.717, 1.165) is 4.47 Å². The number of benzene rings is 1. The standard InChI is InChI=1S/C12H12BrNS.ClH/c1-8-4-5-9(13)7-10(8)12(14)11-3-2-6-15-11;/h2-7,12H,14H2,1H3;1H/t12-;/m1./s1. The number of hydrogen-bond acceptors (Lipinski definition) is 2. The van der Waals surface area contributed by atoms with Crippen LogP contribution in [0.5, 0.6) is 0 Å². The quantitative estimate of drug-likeness (QED) is 0.878. The molecule has 0 unspecified atom stereocenters. The molecule has 0 saturated carbocycles. The largest absolute Gasteiger partial charge is 0.320 e. The summed E-state index contributed by atoms with van der Waals surface area (Å²) in [6, 6.07) is 10.3. The van der Waals surface area contributed by atoms with Crippen LogP contribution in [0.1, 0.15) is 22.0 Å². The summed E-state index contributed by atoms with van der Waals surface area (Å²) in [6.45, 7) is 2.09. The van der Waals surface area contributed by atoms with E-state index >= 15 is 0 Å². The van der Waals surface area contributed by atoms with Gasteiger partial charge in [0.15, 0.2) is 0 Å². The highest BCUT2D eigenvalue weighted by Gasteiger charge is 2.12. The summed E-state index contributed by atoms with van der Waals surface area (Å²) in [5, 5.41) is 2.06. The minimum atomic E-state index is -0.0116. The highest BCUT2D eigenvalue weighted by molar-refractivity contribution is 9.10. The summed E-state index contributed by atoms with van der Waals surface area (Å²) in [6.07, 6.45) is 0. The van der Waals surface area contributed by atoms with Crippen LogP contribution >= 0.6 is 39.7 Å². The number of aryl methyl sites for hydroxylation is 1. The Labute approximate surface area is 114 Å². The van der Waals surface area contributed by atoms with Crippen molar-refractivity contribution in [1.29, 1.82) is 0 Å². The summed E-state index contributed by atoms with van der Waals surface area (Å²) in [5.74, 6) is 0. The van der Waals surface area contributed by atoms with E-state index in [2.05, 4.69) is 46.4 Å². The molecule has 0 radical (unpaired) electrons. The average Bonchev–Trinajstić information content (AvgIpc) is 2.74. The molecule has 0 saturated heterocycles. The van der Waals surface area contributed by atoms with Crippen molar-refractivity contribution in [3.63, 3.8) is 0 Å². The smallest absolute Gasteiger partial charge is 0.0648 e. The average molecular weight is 319 g/mol. The van der Waals surface area contributed by atoms with Gasteiger partial charge in [-0.25, -0.2) is 0 Å². The van der Waals surface area contributed by atoms with Gasteiger partial charge in [-0.05, 0) is 41.6 Å². The van der Waals surface area contributed by atoms with Crippen molar-refractivity contribution in [2.75, 3.05) is 0 Å². The molecule has 0 spiro atoms. The maximum absolute atomic E-state index is 6.22. The van der Waals surface area contributed by atoms with Gasteiger partial charge in [0.05, 0.1) is 6.04 Å². The van der Waals surface area contributed by atoms with Crippen LogP contribution in [0, 0.1) is 6.92 Å². The fourth-order valence-corrected chi connectivity index (χ4v) is 2.69. The molecule has 4 heteroatoms. The van der Waals surface area contributed by atoms with Gasteiger partial charge in [0.1, 0.15) is 0 Å². The van der Waals surface area contributed by atoms with Gasteiger partial charge in [0.25, 0.3) is 0 Å². The zero-order chi connectivity index (χ0) is 10.8. The fourth-order valence-electron chi connectivity index (χ4n) is 1.57. The number of halogens is 2. The monoisotopic (exact) mass is 317 g/mol. The predicted octanol–water partition coefficient (Wildman–Crippen LogP) is 4.29. The Bertz CT molecular complexity index is 456. The van der Waals surface area contributed by atoms with Gasteiger partial charge in [0, 0.05) is 9.35 Å². The topological polar surface area (TPSA) is 26.0 Å². The summed E-state index contributed by atoms with van der Waals surface area (Å²) in [4.78, 5) is 1.20. The summed E-state index contributed by atoms with van der Waals surface area (Å²) in [5.41, 5.74) is 8.64. The SMILES string of the molecule is Cc1ccc(Br)cc1[C@@H](N)c1cccs1.Cl. The number of thiophene rings is 1. The molecular weight excluding hydrogens is 306 g/mol. The van der Waals surface area contributed by atoms with Crippen LogP contribution in [0.4, 0.5) is 0 Å². The zero-order valence-corrected chi connectivity index (χ0v) is 12.0. The molecule has 0 aliphatic heterocycles. The van der Waals surface area contributed by atoms with E-state index in [1.165, 1.54) is 16.0 Å². The molecular formula is C12H13BrClNS. The molecule has 2 aromatic rings. The number of nitrogens with two attached hydrogens (primary N) is 1. The Hall–Kier alpha value is -0.350. The van der Waals surface area contributed by atoms with E-state index in [-0.39, 0.29) is 18.4 Å². The lowest BCUT2D eigenvalue weighted by Crippen LogP contribution is -2.11. The Morgan fingerprint density at radius 3 is 2.69 bits per heavy atom. The molecule has 16 heavy (non-hydrogen) atoms. The van der Waals surface area contributed by atoms with Crippen LogP contribution in [0.25, 0.3) is 0 Å². The van der Waals surface area contributed by atoms with Crippen molar-refractivity contribution in [2.45, 2.75) is 13.0 Å². The Morgan fingerprint density at radius 1 is 1.31 bits per heavy atom. The Balaban J connectivity index is 0.00000128. The van der Waals surface area contributed by atoms with Crippen LogP contribution in [0.15, 0.2) is 40.2 Å².